The van der Waals surface area contributed by atoms with Gasteiger partial charge in [0.05, 0.1) is 5.60 Å². The van der Waals surface area contributed by atoms with E-state index in [9.17, 15) is 5.11 Å². The first-order valence-corrected chi connectivity index (χ1v) is 4.94. The second-order valence-electron chi connectivity index (χ2n) is 3.97. The second kappa shape index (κ2) is 3.00. The molecule has 1 fully saturated rings. The van der Waals surface area contributed by atoms with Crippen LogP contribution in [0.1, 0.15) is 24.0 Å². The highest BCUT2D eigenvalue weighted by Crippen LogP contribution is 2.39. The van der Waals surface area contributed by atoms with Gasteiger partial charge < -0.3 is 5.11 Å². The highest BCUT2D eigenvalue weighted by molar-refractivity contribution is 6.30. The molecule has 0 radical (unpaired) electrons. The van der Waals surface area contributed by atoms with E-state index in [1.165, 1.54) is 11.1 Å². The molecule has 13 heavy (non-hydrogen) atoms. The topological polar surface area (TPSA) is 20.2 Å². The van der Waals surface area contributed by atoms with E-state index in [2.05, 4.69) is 6.92 Å². The van der Waals surface area contributed by atoms with Gasteiger partial charge in [0.25, 0.3) is 0 Å². The number of hydrogen-bond acceptors (Lipinski definition) is 1. The molecule has 1 saturated carbocycles. The average Bonchev–Trinajstić information content (AvgIpc) is 2.76. The Morgan fingerprint density at radius 1 is 1.46 bits per heavy atom. The van der Waals surface area contributed by atoms with Gasteiger partial charge in [0.1, 0.15) is 0 Å². The lowest BCUT2D eigenvalue weighted by Crippen LogP contribution is -2.11. The monoisotopic (exact) mass is 196 g/mol. The molecule has 1 nitrogen and oxygen atoms in total. The third kappa shape index (κ3) is 2.04. The number of benzene rings is 1. The Morgan fingerprint density at radius 3 is 2.77 bits per heavy atom. The zero-order chi connectivity index (χ0) is 9.47. The zero-order valence-electron chi connectivity index (χ0n) is 7.68. The summed E-state index contributed by atoms with van der Waals surface area (Å²) < 4.78 is 0. The van der Waals surface area contributed by atoms with Crippen LogP contribution in [0.5, 0.6) is 0 Å². The third-order valence-corrected chi connectivity index (χ3v) is 2.89. The molecule has 0 saturated heterocycles. The van der Waals surface area contributed by atoms with Crippen LogP contribution in [-0.2, 0) is 6.42 Å². The quantitative estimate of drug-likeness (QED) is 0.771. The lowest BCUT2D eigenvalue weighted by atomic mass is 10.0. The summed E-state index contributed by atoms with van der Waals surface area (Å²) in [5.41, 5.74) is 1.97. The Hall–Kier alpha value is -0.530. The van der Waals surface area contributed by atoms with Gasteiger partial charge in [0, 0.05) is 11.4 Å². The molecule has 0 unspecified atom stereocenters. The van der Waals surface area contributed by atoms with Gasteiger partial charge >= 0.3 is 0 Å². The lowest BCUT2D eigenvalue weighted by molar-refractivity contribution is 0.151. The fourth-order valence-electron chi connectivity index (χ4n) is 1.51. The number of aliphatic hydroxyl groups is 1. The molecule has 0 spiro atoms. The maximum atomic E-state index is 9.75. The first-order chi connectivity index (χ1) is 6.09. The largest absolute Gasteiger partial charge is 0.390 e. The van der Waals surface area contributed by atoms with Crippen molar-refractivity contribution in [2.24, 2.45) is 0 Å². The summed E-state index contributed by atoms with van der Waals surface area (Å²) >= 11 is 5.88. The van der Waals surface area contributed by atoms with Crippen molar-refractivity contribution >= 4 is 11.6 Å². The average molecular weight is 197 g/mol. The van der Waals surface area contributed by atoms with Gasteiger partial charge in [-0.1, -0.05) is 17.7 Å². The number of aryl methyl sites for hydroxylation is 1. The molecule has 0 atom stereocenters. The Balaban J connectivity index is 2.23. The molecule has 1 aliphatic carbocycles. The predicted molar refractivity (Wildman–Crippen MR) is 54.1 cm³/mol. The summed E-state index contributed by atoms with van der Waals surface area (Å²) in [5, 5.41) is 10.5. The highest BCUT2D eigenvalue weighted by atomic mass is 35.5. The SMILES string of the molecule is Cc1ccc(Cl)cc1CC1(O)CC1. The van der Waals surface area contributed by atoms with Crippen molar-refractivity contribution in [2.45, 2.75) is 31.8 Å². The highest BCUT2D eigenvalue weighted by Gasteiger charge is 2.40. The number of rotatable bonds is 2. The van der Waals surface area contributed by atoms with Crippen LogP contribution in [0.2, 0.25) is 5.02 Å². The molecule has 0 amide bonds. The van der Waals surface area contributed by atoms with Gasteiger partial charge in [0.15, 0.2) is 0 Å². The minimum atomic E-state index is -0.421. The van der Waals surface area contributed by atoms with Crippen LogP contribution < -0.4 is 0 Å². The van der Waals surface area contributed by atoms with E-state index >= 15 is 0 Å². The van der Waals surface area contributed by atoms with Crippen molar-refractivity contribution in [3.63, 3.8) is 0 Å². The Bertz CT molecular complexity index is 329. The zero-order valence-corrected chi connectivity index (χ0v) is 8.43. The van der Waals surface area contributed by atoms with E-state index in [-0.39, 0.29) is 0 Å². The molecule has 1 N–H and O–H groups in total. The summed E-state index contributed by atoms with van der Waals surface area (Å²) in [7, 11) is 0. The van der Waals surface area contributed by atoms with Crippen molar-refractivity contribution < 1.29 is 5.11 Å². The van der Waals surface area contributed by atoms with Crippen molar-refractivity contribution in [2.75, 3.05) is 0 Å². The van der Waals surface area contributed by atoms with E-state index in [1.807, 2.05) is 18.2 Å². The maximum absolute atomic E-state index is 9.75. The molecular formula is C11H13ClO. The standard InChI is InChI=1S/C11H13ClO/c1-8-2-3-10(12)6-9(8)7-11(13)4-5-11/h2-3,6,13H,4-5,7H2,1H3. The summed E-state index contributed by atoms with van der Waals surface area (Å²) in [6, 6.07) is 5.84. The van der Waals surface area contributed by atoms with E-state index in [4.69, 9.17) is 11.6 Å². The lowest BCUT2D eigenvalue weighted by Gasteiger charge is -2.10. The summed E-state index contributed by atoms with van der Waals surface area (Å²) in [4.78, 5) is 0. The van der Waals surface area contributed by atoms with E-state index in [0.717, 1.165) is 24.3 Å². The molecule has 2 rings (SSSR count). The first kappa shape index (κ1) is 9.04. The molecule has 70 valence electrons. The number of halogens is 1. The maximum Gasteiger partial charge on any atom is 0.0690 e. The van der Waals surface area contributed by atoms with E-state index < -0.39 is 5.60 Å². The van der Waals surface area contributed by atoms with Crippen LogP contribution in [0, 0.1) is 6.92 Å². The van der Waals surface area contributed by atoms with Crippen LogP contribution in [0.15, 0.2) is 18.2 Å². The molecule has 2 heteroatoms. The summed E-state index contributed by atoms with van der Waals surface area (Å²) in [6.07, 6.45) is 2.61. The van der Waals surface area contributed by atoms with Crippen LogP contribution >= 0.6 is 11.6 Å². The van der Waals surface area contributed by atoms with Gasteiger partial charge in [-0.3, -0.25) is 0 Å². The smallest absolute Gasteiger partial charge is 0.0690 e. The summed E-state index contributed by atoms with van der Waals surface area (Å²) in [6.45, 7) is 2.05. The van der Waals surface area contributed by atoms with Gasteiger partial charge in [-0.2, -0.15) is 0 Å². The summed E-state index contributed by atoms with van der Waals surface area (Å²) in [5.74, 6) is 0. The van der Waals surface area contributed by atoms with Crippen molar-refractivity contribution in [1.29, 1.82) is 0 Å². The minimum Gasteiger partial charge on any atom is -0.390 e. The fraction of sp³-hybridized carbons (Fsp3) is 0.455. The Kier molecular flexibility index (Phi) is 2.09. The predicted octanol–water partition coefficient (Wildman–Crippen LogP) is 2.72. The van der Waals surface area contributed by atoms with Crippen LogP contribution in [-0.4, -0.2) is 10.7 Å². The molecule has 1 aromatic carbocycles. The molecule has 0 heterocycles. The first-order valence-electron chi connectivity index (χ1n) is 4.56. The van der Waals surface area contributed by atoms with Gasteiger partial charge in [-0.25, -0.2) is 0 Å². The van der Waals surface area contributed by atoms with Crippen LogP contribution in [0.25, 0.3) is 0 Å². The van der Waals surface area contributed by atoms with Crippen LogP contribution in [0.3, 0.4) is 0 Å². The van der Waals surface area contributed by atoms with Crippen molar-refractivity contribution in [3.8, 4) is 0 Å². The van der Waals surface area contributed by atoms with E-state index in [1.54, 1.807) is 0 Å². The molecule has 0 bridgehead atoms. The molecular weight excluding hydrogens is 184 g/mol. The van der Waals surface area contributed by atoms with Gasteiger partial charge in [-0.05, 0) is 43.0 Å². The molecule has 1 aromatic rings. The Morgan fingerprint density at radius 2 is 2.15 bits per heavy atom. The second-order valence-corrected chi connectivity index (χ2v) is 4.41. The normalized spacial score (nSPS) is 18.7. The van der Waals surface area contributed by atoms with Gasteiger partial charge in [-0.15, -0.1) is 0 Å². The third-order valence-electron chi connectivity index (χ3n) is 2.66. The minimum absolute atomic E-state index is 0.421. The fourth-order valence-corrected chi connectivity index (χ4v) is 1.70. The number of hydrogen-bond donors (Lipinski definition) is 1. The Labute approximate surface area is 83.3 Å². The molecule has 0 aromatic heterocycles. The van der Waals surface area contributed by atoms with Crippen LogP contribution in [0.4, 0.5) is 0 Å². The van der Waals surface area contributed by atoms with Gasteiger partial charge in [0.2, 0.25) is 0 Å². The molecule has 1 aliphatic rings. The molecule has 0 aliphatic heterocycles. The van der Waals surface area contributed by atoms with Crippen molar-refractivity contribution in [3.05, 3.63) is 34.3 Å². The van der Waals surface area contributed by atoms with E-state index in [0.29, 0.717) is 0 Å². The van der Waals surface area contributed by atoms with Crippen molar-refractivity contribution in [1.82, 2.24) is 0 Å².